The van der Waals surface area contributed by atoms with Crippen LogP contribution in [0.4, 0.5) is 0 Å². The van der Waals surface area contributed by atoms with Crippen LogP contribution in [0.25, 0.3) is 0 Å². The van der Waals surface area contributed by atoms with Gasteiger partial charge in [0.05, 0.1) is 5.56 Å². The lowest BCUT2D eigenvalue weighted by atomic mass is 9.82. The maximum Gasteiger partial charge on any atom is 0.255 e. The molecule has 0 saturated heterocycles. The molecule has 0 fully saturated rings. The van der Waals surface area contributed by atoms with E-state index in [9.17, 15) is 4.79 Å². The number of amides is 1. The molecule has 1 rings (SSSR count). The zero-order valence-corrected chi connectivity index (χ0v) is 12.7. The molecule has 4 heteroatoms. The van der Waals surface area contributed by atoms with Crippen molar-refractivity contribution in [3.63, 3.8) is 0 Å². The van der Waals surface area contributed by atoms with Crippen LogP contribution in [-0.2, 0) is 0 Å². The average molecular weight is 266 g/mol. The fourth-order valence-electron chi connectivity index (χ4n) is 2.34. The Balaban J connectivity index is 2.81. The highest BCUT2D eigenvalue weighted by Crippen LogP contribution is 2.25. The third-order valence-electron chi connectivity index (χ3n) is 4.35. The molecule has 3 N–H and O–H groups in total. The van der Waals surface area contributed by atoms with Gasteiger partial charge in [0, 0.05) is 12.1 Å². The van der Waals surface area contributed by atoms with Gasteiger partial charge in [-0.05, 0) is 45.6 Å². The maximum atomic E-state index is 12.3. The first-order chi connectivity index (χ1) is 8.90. The van der Waals surface area contributed by atoms with Crippen molar-refractivity contribution in [3.05, 3.63) is 22.6 Å². The molecule has 19 heavy (non-hydrogen) atoms. The normalized spacial score (nSPS) is 11.7. The van der Waals surface area contributed by atoms with Crippen LogP contribution in [0, 0.1) is 26.2 Å². The van der Waals surface area contributed by atoms with E-state index >= 15 is 0 Å². The number of carbonyl (C=O) groups excluding carboxylic acids is 1. The van der Waals surface area contributed by atoms with Crippen molar-refractivity contribution in [2.24, 2.45) is 11.1 Å². The van der Waals surface area contributed by atoms with Crippen molar-refractivity contribution >= 4 is 5.91 Å². The van der Waals surface area contributed by atoms with Gasteiger partial charge in [-0.25, -0.2) is 0 Å². The minimum absolute atomic E-state index is 0.00372. The SMILES string of the molecule is CCC(CC)(CN)CNC(=O)c1c(C)oc(C)c1C. The number of hydrogen-bond acceptors (Lipinski definition) is 3. The second-order valence-electron chi connectivity index (χ2n) is 5.31. The minimum atomic E-state index is -0.0634. The molecular weight excluding hydrogens is 240 g/mol. The highest BCUT2D eigenvalue weighted by molar-refractivity contribution is 5.96. The van der Waals surface area contributed by atoms with Gasteiger partial charge >= 0.3 is 0 Å². The van der Waals surface area contributed by atoms with Crippen molar-refractivity contribution in [1.29, 1.82) is 0 Å². The molecule has 1 aromatic heterocycles. The molecule has 4 nitrogen and oxygen atoms in total. The number of nitrogens with one attached hydrogen (secondary N) is 1. The number of nitrogens with two attached hydrogens (primary N) is 1. The van der Waals surface area contributed by atoms with Gasteiger partial charge in [-0.15, -0.1) is 0 Å². The summed E-state index contributed by atoms with van der Waals surface area (Å²) in [5.41, 5.74) is 7.42. The molecule has 0 saturated carbocycles. The van der Waals surface area contributed by atoms with E-state index in [1.165, 1.54) is 0 Å². The Morgan fingerprint density at radius 1 is 1.21 bits per heavy atom. The summed E-state index contributed by atoms with van der Waals surface area (Å²) >= 11 is 0. The summed E-state index contributed by atoms with van der Waals surface area (Å²) < 4.78 is 5.49. The van der Waals surface area contributed by atoms with Crippen LogP contribution in [-0.4, -0.2) is 19.0 Å². The summed E-state index contributed by atoms with van der Waals surface area (Å²) in [4.78, 5) is 12.3. The van der Waals surface area contributed by atoms with E-state index in [-0.39, 0.29) is 11.3 Å². The summed E-state index contributed by atoms with van der Waals surface area (Å²) in [7, 11) is 0. The molecule has 1 heterocycles. The molecule has 1 aromatic rings. The number of carbonyl (C=O) groups is 1. The quantitative estimate of drug-likeness (QED) is 0.831. The average Bonchev–Trinajstić information content (AvgIpc) is 2.65. The van der Waals surface area contributed by atoms with Crippen LogP contribution >= 0.6 is 0 Å². The molecule has 0 unspecified atom stereocenters. The second kappa shape index (κ2) is 6.24. The fraction of sp³-hybridized carbons (Fsp3) is 0.667. The van der Waals surface area contributed by atoms with Crippen molar-refractivity contribution in [2.75, 3.05) is 13.1 Å². The molecule has 0 spiro atoms. The van der Waals surface area contributed by atoms with E-state index in [2.05, 4.69) is 19.2 Å². The van der Waals surface area contributed by atoms with Gasteiger partial charge in [0.2, 0.25) is 0 Å². The third-order valence-corrected chi connectivity index (χ3v) is 4.35. The molecular formula is C15H26N2O2. The smallest absolute Gasteiger partial charge is 0.255 e. The Labute approximate surface area is 115 Å². The number of rotatable bonds is 6. The predicted octanol–water partition coefficient (Wildman–Crippen LogP) is 2.70. The summed E-state index contributed by atoms with van der Waals surface area (Å²) in [6.45, 7) is 11.0. The lowest BCUT2D eigenvalue weighted by molar-refractivity contribution is 0.0926. The molecule has 0 aromatic carbocycles. The molecule has 0 atom stereocenters. The van der Waals surface area contributed by atoms with Crippen molar-refractivity contribution in [1.82, 2.24) is 5.32 Å². The van der Waals surface area contributed by atoms with Gasteiger partial charge in [-0.3, -0.25) is 4.79 Å². The number of furan rings is 1. The molecule has 0 aliphatic heterocycles. The van der Waals surface area contributed by atoms with Crippen molar-refractivity contribution < 1.29 is 9.21 Å². The van der Waals surface area contributed by atoms with Crippen molar-refractivity contribution in [3.8, 4) is 0 Å². The van der Waals surface area contributed by atoms with E-state index in [1.54, 1.807) is 0 Å². The van der Waals surface area contributed by atoms with Gasteiger partial charge in [0.25, 0.3) is 5.91 Å². The predicted molar refractivity (Wildman–Crippen MR) is 77.3 cm³/mol. The first kappa shape index (κ1) is 15.8. The Morgan fingerprint density at radius 2 is 1.79 bits per heavy atom. The van der Waals surface area contributed by atoms with Crippen LogP contribution in [0.15, 0.2) is 4.42 Å². The standard InChI is InChI=1S/C15H26N2O2/c1-6-15(7-2,8-16)9-17-14(18)13-10(3)11(4)19-12(13)5/h6-9,16H2,1-5H3,(H,17,18). The largest absolute Gasteiger partial charge is 0.466 e. The van der Waals surface area contributed by atoms with Gasteiger partial charge < -0.3 is 15.5 Å². The first-order valence-corrected chi connectivity index (χ1v) is 6.95. The fourth-order valence-corrected chi connectivity index (χ4v) is 2.34. The molecule has 0 aliphatic rings. The summed E-state index contributed by atoms with van der Waals surface area (Å²) in [5, 5.41) is 3.01. The summed E-state index contributed by atoms with van der Waals surface area (Å²) in [5.74, 6) is 1.42. The lowest BCUT2D eigenvalue weighted by Crippen LogP contribution is -2.42. The van der Waals surface area contributed by atoms with E-state index < -0.39 is 0 Å². The highest BCUT2D eigenvalue weighted by atomic mass is 16.3. The van der Waals surface area contributed by atoms with E-state index in [1.807, 2.05) is 20.8 Å². The second-order valence-corrected chi connectivity index (χ2v) is 5.31. The number of aryl methyl sites for hydroxylation is 2. The lowest BCUT2D eigenvalue weighted by Gasteiger charge is -2.30. The molecule has 108 valence electrons. The highest BCUT2D eigenvalue weighted by Gasteiger charge is 2.26. The molecule has 0 radical (unpaired) electrons. The van der Waals surface area contributed by atoms with Crippen LogP contribution < -0.4 is 11.1 Å². The zero-order valence-electron chi connectivity index (χ0n) is 12.7. The monoisotopic (exact) mass is 266 g/mol. The van der Waals surface area contributed by atoms with E-state index in [0.717, 1.165) is 24.2 Å². The molecule has 0 bridgehead atoms. The summed E-state index contributed by atoms with van der Waals surface area (Å²) in [6, 6.07) is 0. The summed E-state index contributed by atoms with van der Waals surface area (Å²) in [6.07, 6.45) is 1.92. The zero-order chi connectivity index (χ0) is 14.6. The van der Waals surface area contributed by atoms with Gasteiger partial charge in [-0.1, -0.05) is 13.8 Å². The Kier molecular flexibility index (Phi) is 5.18. The Morgan fingerprint density at radius 3 is 2.16 bits per heavy atom. The third kappa shape index (κ3) is 3.18. The Hall–Kier alpha value is -1.29. The Bertz CT molecular complexity index is 437. The van der Waals surface area contributed by atoms with Crippen LogP contribution in [0.5, 0.6) is 0 Å². The number of hydrogen-bond donors (Lipinski definition) is 2. The first-order valence-electron chi connectivity index (χ1n) is 6.95. The van der Waals surface area contributed by atoms with Crippen LogP contribution in [0.2, 0.25) is 0 Å². The van der Waals surface area contributed by atoms with Crippen molar-refractivity contribution in [2.45, 2.75) is 47.5 Å². The topological polar surface area (TPSA) is 68.3 Å². The van der Waals surface area contributed by atoms with E-state index in [0.29, 0.717) is 24.4 Å². The van der Waals surface area contributed by atoms with Gasteiger partial charge in [-0.2, -0.15) is 0 Å². The van der Waals surface area contributed by atoms with E-state index in [4.69, 9.17) is 10.2 Å². The van der Waals surface area contributed by atoms with Gasteiger partial charge in [0.15, 0.2) is 0 Å². The minimum Gasteiger partial charge on any atom is -0.466 e. The maximum absolute atomic E-state index is 12.3. The molecule has 1 amide bonds. The molecule has 0 aliphatic carbocycles. The van der Waals surface area contributed by atoms with Gasteiger partial charge in [0.1, 0.15) is 11.5 Å². The van der Waals surface area contributed by atoms with Crippen LogP contribution in [0.1, 0.15) is 54.1 Å². The van der Waals surface area contributed by atoms with Crippen LogP contribution in [0.3, 0.4) is 0 Å².